The third kappa shape index (κ3) is 3.88. The van der Waals surface area contributed by atoms with Crippen LogP contribution in [-0.4, -0.2) is 39.9 Å². The van der Waals surface area contributed by atoms with Gasteiger partial charge in [0.25, 0.3) is 0 Å². The smallest absolute Gasteiger partial charge is 0.240 e. The minimum absolute atomic E-state index is 0.0216. The van der Waals surface area contributed by atoms with E-state index in [1.165, 1.54) is 18.3 Å². The second-order valence-corrected chi connectivity index (χ2v) is 8.82. The molecule has 0 radical (unpaired) electrons. The zero-order chi connectivity index (χ0) is 14.1. The maximum Gasteiger partial charge on any atom is 0.240 e. The third-order valence-corrected chi connectivity index (χ3v) is 6.36. The van der Waals surface area contributed by atoms with Crippen molar-refractivity contribution in [1.82, 2.24) is 9.71 Å². The molecule has 0 aromatic carbocycles. The van der Waals surface area contributed by atoms with Crippen LogP contribution in [0.25, 0.3) is 0 Å². The fourth-order valence-electron chi connectivity index (χ4n) is 1.90. The van der Waals surface area contributed by atoms with Gasteiger partial charge in [-0.05, 0) is 24.5 Å². The molecule has 1 aromatic rings. The highest BCUT2D eigenvalue weighted by atomic mass is 35.5. The van der Waals surface area contributed by atoms with Gasteiger partial charge in [0.05, 0.1) is 16.4 Å². The van der Waals surface area contributed by atoms with Crippen molar-refractivity contribution in [3.63, 3.8) is 0 Å². The highest BCUT2D eigenvalue weighted by molar-refractivity contribution is 7.91. The maximum absolute atomic E-state index is 12.0. The van der Waals surface area contributed by atoms with E-state index in [-0.39, 0.29) is 34.0 Å². The SMILES string of the molecule is O=S1(=O)CCC(CNS(=O)(=O)c2ccnc(Cl)c2)C1. The molecule has 0 aliphatic carbocycles. The average molecular weight is 325 g/mol. The standard InChI is InChI=1S/C10H13ClN2O4S2/c11-10-5-9(1-3-12-10)19(16,17)13-6-8-2-4-18(14,15)7-8/h1,3,5,8,13H,2,4,6-7H2. The number of sulfone groups is 1. The van der Waals surface area contributed by atoms with Crippen molar-refractivity contribution in [2.75, 3.05) is 18.1 Å². The van der Waals surface area contributed by atoms with E-state index < -0.39 is 19.9 Å². The lowest BCUT2D eigenvalue weighted by Gasteiger charge is -2.10. The molecule has 9 heteroatoms. The lowest BCUT2D eigenvalue weighted by Crippen LogP contribution is -2.30. The van der Waals surface area contributed by atoms with Gasteiger partial charge in [-0.1, -0.05) is 11.6 Å². The first kappa shape index (κ1) is 14.7. The summed E-state index contributed by atoms with van der Waals surface area (Å²) in [6, 6.07) is 2.58. The van der Waals surface area contributed by atoms with Crippen LogP contribution in [0.15, 0.2) is 23.2 Å². The van der Waals surface area contributed by atoms with Crippen LogP contribution in [0.5, 0.6) is 0 Å². The number of hydrogen-bond acceptors (Lipinski definition) is 5. The van der Waals surface area contributed by atoms with E-state index in [0.29, 0.717) is 6.42 Å². The summed E-state index contributed by atoms with van der Waals surface area (Å²) in [6.07, 6.45) is 1.79. The van der Waals surface area contributed by atoms with Crippen LogP contribution >= 0.6 is 11.6 Å². The number of pyridine rings is 1. The number of hydrogen-bond donors (Lipinski definition) is 1. The topological polar surface area (TPSA) is 93.2 Å². The van der Waals surface area contributed by atoms with Gasteiger partial charge in [0.2, 0.25) is 10.0 Å². The van der Waals surface area contributed by atoms with Gasteiger partial charge >= 0.3 is 0 Å². The molecule has 0 bridgehead atoms. The van der Waals surface area contributed by atoms with Gasteiger partial charge in [-0.15, -0.1) is 0 Å². The Morgan fingerprint density at radius 3 is 2.79 bits per heavy atom. The van der Waals surface area contributed by atoms with Crippen molar-refractivity contribution in [2.24, 2.45) is 5.92 Å². The second-order valence-electron chi connectivity index (χ2n) is 4.44. The van der Waals surface area contributed by atoms with Crippen LogP contribution in [0.1, 0.15) is 6.42 Å². The number of sulfonamides is 1. The first-order valence-electron chi connectivity index (χ1n) is 5.60. The molecule has 1 fully saturated rings. The largest absolute Gasteiger partial charge is 0.244 e. The molecule has 1 aliphatic rings. The molecule has 0 saturated carbocycles. The lowest BCUT2D eigenvalue weighted by atomic mass is 10.1. The molecule has 1 N–H and O–H groups in total. The third-order valence-electron chi connectivity index (χ3n) is 2.90. The first-order valence-corrected chi connectivity index (χ1v) is 9.28. The molecule has 1 aromatic heterocycles. The molecule has 2 rings (SSSR count). The summed E-state index contributed by atoms with van der Waals surface area (Å²) in [7, 11) is -6.68. The highest BCUT2D eigenvalue weighted by Crippen LogP contribution is 2.19. The number of aromatic nitrogens is 1. The van der Waals surface area contributed by atoms with Crippen molar-refractivity contribution in [2.45, 2.75) is 11.3 Å². The predicted octanol–water partition coefficient (Wildman–Crippen LogP) is 0.448. The first-order chi connectivity index (χ1) is 8.78. The molecule has 0 amide bonds. The van der Waals surface area contributed by atoms with Crippen molar-refractivity contribution >= 4 is 31.5 Å². The van der Waals surface area contributed by atoms with Crippen molar-refractivity contribution in [1.29, 1.82) is 0 Å². The Kier molecular flexibility index (Phi) is 4.14. The van der Waals surface area contributed by atoms with E-state index in [2.05, 4.69) is 9.71 Å². The predicted molar refractivity (Wildman–Crippen MR) is 71.2 cm³/mol. The Balaban J connectivity index is 2.03. The average Bonchev–Trinajstić information content (AvgIpc) is 2.67. The molecule has 1 unspecified atom stereocenters. The zero-order valence-electron chi connectivity index (χ0n) is 9.91. The molecule has 2 heterocycles. The Hall–Kier alpha value is -0.700. The zero-order valence-corrected chi connectivity index (χ0v) is 12.3. The summed E-state index contributed by atoms with van der Waals surface area (Å²) in [6.45, 7) is 0.113. The van der Waals surface area contributed by atoms with Crippen LogP contribution in [0, 0.1) is 5.92 Å². The minimum atomic E-state index is -3.68. The van der Waals surface area contributed by atoms with Gasteiger partial charge in [-0.25, -0.2) is 26.5 Å². The number of rotatable bonds is 4. The Morgan fingerprint density at radius 1 is 1.47 bits per heavy atom. The molecule has 1 aliphatic heterocycles. The summed E-state index contributed by atoms with van der Waals surface area (Å²) in [5, 5.41) is 0.0892. The molecule has 1 atom stereocenters. The summed E-state index contributed by atoms with van der Waals surface area (Å²) >= 11 is 5.63. The van der Waals surface area contributed by atoms with E-state index in [1.54, 1.807) is 0 Å². The summed E-state index contributed by atoms with van der Waals surface area (Å²) in [4.78, 5) is 3.73. The van der Waals surface area contributed by atoms with Crippen molar-refractivity contribution < 1.29 is 16.8 Å². The number of nitrogens with zero attached hydrogens (tertiary/aromatic N) is 1. The maximum atomic E-state index is 12.0. The van der Waals surface area contributed by atoms with E-state index in [9.17, 15) is 16.8 Å². The van der Waals surface area contributed by atoms with E-state index in [0.717, 1.165) is 0 Å². The molecule has 19 heavy (non-hydrogen) atoms. The molecule has 6 nitrogen and oxygen atoms in total. The van der Waals surface area contributed by atoms with E-state index in [4.69, 9.17) is 11.6 Å². The van der Waals surface area contributed by atoms with Crippen LogP contribution < -0.4 is 4.72 Å². The summed E-state index contributed by atoms with van der Waals surface area (Å²) in [5.41, 5.74) is 0. The quantitative estimate of drug-likeness (QED) is 0.812. The molecule has 106 valence electrons. The highest BCUT2D eigenvalue weighted by Gasteiger charge is 2.29. The van der Waals surface area contributed by atoms with Crippen LogP contribution in [-0.2, 0) is 19.9 Å². The molecule has 0 spiro atoms. The van der Waals surface area contributed by atoms with Gasteiger partial charge in [-0.3, -0.25) is 0 Å². The normalized spacial score (nSPS) is 22.5. The molecular weight excluding hydrogens is 312 g/mol. The van der Waals surface area contributed by atoms with E-state index in [1.807, 2.05) is 0 Å². The van der Waals surface area contributed by atoms with Gasteiger partial charge in [0, 0.05) is 12.7 Å². The summed E-state index contributed by atoms with van der Waals surface area (Å²) in [5.74, 6) is -0.00954. The lowest BCUT2D eigenvalue weighted by molar-refractivity contribution is 0.543. The van der Waals surface area contributed by atoms with Gasteiger partial charge in [0.15, 0.2) is 9.84 Å². The fourth-order valence-corrected chi connectivity index (χ4v) is 5.12. The number of nitrogens with one attached hydrogen (secondary N) is 1. The van der Waals surface area contributed by atoms with Crippen LogP contribution in [0.4, 0.5) is 0 Å². The van der Waals surface area contributed by atoms with Gasteiger partial charge in [0.1, 0.15) is 5.15 Å². The molecular formula is C10H13ClN2O4S2. The minimum Gasteiger partial charge on any atom is -0.244 e. The van der Waals surface area contributed by atoms with Crippen LogP contribution in [0.3, 0.4) is 0 Å². The Morgan fingerprint density at radius 2 is 2.21 bits per heavy atom. The molecule has 1 saturated heterocycles. The van der Waals surface area contributed by atoms with Crippen LogP contribution in [0.2, 0.25) is 5.15 Å². The van der Waals surface area contributed by atoms with Gasteiger partial charge in [-0.2, -0.15) is 0 Å². The fraction of sp³-hybridized carbons (Fsp3) is 0.500. The number of halogens is 1. The van der Waals surface area contributed by atoms with E-state index >= 15 is 0 Å². The summed E-state index contributed by atoms with van der Waals surface area (Å²) < 4.78 is 48.9. The van der Waals surface area contributed by atoms with Crippen molar-refractivity contribution in [3.8, 4) is 0 Å². The Labute approximate surface area is 117 Å². The second kappa shape index (κ2) is 5.35. The Bertz CT molecular complexity index is 673. The monoisotopic (exact) mass is 324 g/mol. The van der Waals surface area contributed by atoms with Gasteiger partial charge < -0.3 is 0 Å². The van der Waals surface area contributed by atoms with Crippen molar-refractivity contribution in [3.05, 3.63) is 23.5 Å².